The number of anilines is 4. The first-order valence-corrected chi connectivity index (χ1v) is 26.5. The number of nitrogen functional groups attached to an aromatic ring is 2. The van der Waals surface area contributed by atoms with Crippen LogP contribution in [0.15, 0.2) is 180 Å². The summed E-state index contributed by atoms with van der Waals surface area (Å²) < 4.78 is 6.65. The molecule has 2 aliphatic carbocycles. The van der Waals surface area contributed by atoms with Crippen LogP contribution in [0.5, 0.6) is 0 Å². The van der Waals surface area contributed by atoms with Gasteiger partial charge >= 0.3 is 0 Å². The number of hydrogen-bond acceptors (Lipinski definition) is 12. The number of fused-ring (bicyclic) bond motifs is 2. The zero-order valence-electron chi connectivity index (χ0n) is 43.4. The lowest BCUT2D eigenvalue weighted by Gasteiger charge is -2.24. The van der Waals surface area contributed by atoms with Crippen molar-refractivity contribution in [3.05, 3.63) is 214 Å². The summed E-state index contributed by atoms with van der Waals surface area (Å²) in [5.74, 6) is 0.601. The van der Waals surface area contributed by atoms with Gasteiger partial charge in [-0.3, -0.25) is 28.3 Å². The average Bonchev–Trinajstić information content (AvgIpc) is 4.12. The van der Waals surface area contributed by atoms with Gasteiger partial charge in [0.2, 0.25) is 0 Å². The van der Waals surface area contributed by atoms with Crippen LogP contribution in [0.3, 0.4) is 0 Å². The highest BCUT2D eigenvalue weighted by Gasteiger charge is 2.29. The minimum atomic E-state index is -0.481. The second-order valence-electron chi connectivity index (χ2n) is 20.1. The molecule has 0 bridgehead atoms. The SMILES string of the molecule is N#CC1CCC(c2cc(-c3ccc(NC(=O)c4cccn(-c5ccccc5)c4=O)cc3)c3c(N)ncnn23)CC1.N#CC1CCC(c2cc(-c3ccc(NC(=O)c4cccn(-c5ccccc5)c4=O)cc3)c3c(N)ncnn23)CC1. The van der Waals surface area contributed by atoms with Gasteiger partial charge in [0.25, 0.3) is 22.9 Å². The maximum Gasteiger partial charge on any atom is 0.267 e. The predicted octanol–water partition coefficient (Wildman–Crippen LogP) is 10.4. The maximum atomic E-state index is 13.0. The van der Waals surface area contributed by atoms with Crippen LogP contribution in [-0.4, -0.2) is 50.1 Å². The van der Waals surface area contributed by atoms with Crippen LogP contribution in [0.1, 0.15) is 95.3 Å². The molecule has 10 aromatic rings. The van der Waals surface area contributed by atoms with Crippen molar-refractivity contribution >= 4 is 45.9 Å². The average molecular weight is 1060 g/mol. The molecule has 0 radical (unpaired) electrons. The molecular weight excluding hydrogens is 1000 g/mol. The topological polar surface area (TPSA) is 262 Å². The minimum absolute atomic E-state index is 0.0505. The van der Waals surface area contributed by atoms with E-state index in [4.69, 9.17) is 11.5 Å². The molecule has 18 heteroatoms. The lowest BCUT2D eigenvalue weighted by atomic mass is 9.81. The Kier molecular flexibility index (Phi) is 14.6. The lowest BCUT2D eigenvalue weighted by Crippen LogP contribution is -2.27. The minimum Gasteiger partial charge on any atom is -0.382 e. The number of nitriles is 2. The van der Waals surface area contributed by atoms with Crippen molar-refractivity contribution in [1.29, 1.82) is 10.5 Å². The van der Waals surface area contributed by atoms with Gasteiger partial charge in [-0.05, 0) is 147 Å². The summed E-state index contributed by atoms with van der Waals surface area (Å²) in [7, 11) is 0. The number of para-hydroxylation sites is 2. The summed E-state index contributed by atoms with van der Waals surface area (Å²) in [5, 5.41) is 33.3. The van der Waals surface area contributed by atoms with Crippen molar-refractivity contribution in [1.82, 2.24) is 38.3 Å². The molecule has 4 aromatic carbocycles. The Morgan fingerprint density at radius 3 is 1.24 bits per heavy atom. The van der Waals surface area contributed by atoms with E-state index in [1.807, 2.05) is 94.0 Å². The standard InChI is InChI=1S/2C31H27N7O2/c2*32-18-20-8-10-22(11-9-20)27-17-26(28-29(33)34-19-35-38(27)28)21-12-14-23(15-13-21)36-30(39)25-7-4-16-37(31(25)40)24-5-2-1-3-6-24/h2*1-7,12-17,19-20,22H,8-11H2,(H,36,39)(H2,33,34,35). The third kappa shape index (κ3) is 10.4. The highest BCUT2D eigenvalue weighted by atomic mass is 16.2. The molecule has 6 N–H and O–H groups in total. The summed E-state index contributed by atoms with van der Waals surface area (Å²) in [5.41, 5.74) is 21.6. The molecule has 0 unspecified atom stereocenters. The molecule has 2 amide bonds. The van der Waals surface area contributed by atoms with Crippen LogP contribution in [0, 0.1) is 34.5 Å². The van der Waals surface area contributed by atoms with Crippen molar-refractivity contribution in [2.24, 2.45) is 11.8 Å². The first kappa shape index (κ1) is 51.6. The predicted molar refractivity (Wildman–Crippen MR) is 306 cm³/mol. The highest BCUT2D eigenvalue weighted by molar-refractivity contribution is 6.05. The molecule has 80 heavy (non-hydrogen) atoms. The summed E-state index contributed by atoms with van der Waals surface area (Å²) in [6, 6.07) is 48.6. The molecule has 6 heterocycles. The van der Waals surface area contributed by atoms with Gasteiger partial charge in [-0.25, -0.2) is 19.0 Å². The Bertz CT molecular complexity index is 3850. The summed E-state index contributed by atoms with van der Waals surface area (Å²) >= 11 is 0. The van der Waals surface area contributed by atoms with E-state index in [9.17, 15) is 29.7 Å². The van der Waals surface area contributed by atoms with Crippen molar-refractivity contribution in [3.63, 3.8) is 0 Å². The van der Waals surface area contributed by atoms with Crippen LogP contribution < -0.4 is 33.2 Å². The maximum absolute atomic E-state index is 13.0. The first-order valence-electron chi connectivity index (χ1n) is 26.5. The molecule has 2 aliphatic rings. The Morgan fingerprint density at radius 2 is 0.875 bits per heavy atom. The molecule has 0 aliphatic heterocycles. The number of rotatable bonds is 10. The van der Waals surface area contributed by atoms with Crippen LogP contribution >= 0.6 is 0 Å². The number of nitrogens with two attached hydrogens (primary N) is 2. The van der Waals surface area contributed by atoms with Crippen molar-refractivity contribution in [2.75, 3.05) is 22.1 Å². The summed E-state index contributed by atoms with van der Waals surface area (Å²) in [6.07, 6.45) is 13.4. The number of carbonyl (C=O) groups is 2. The lowest BCUT2D eigenvalue weighted by molar-refractivity contribution is 0.101. The van der Waals surface area contributed by atoms with E-state index in [0.29, 0.717) is 34.4 Å². The normalized spacial score (nSPS) is 16.9. The third-order valence-electron chi connectivity index (χ3n) is 15.2. The zero-order chi connectivity index (χ0) is 55.3. The van der Waals surface area contributed by atoms with E-state index in [-0.39, 0.29) is 34.8 Å². The van der Waals surface area contributed by atoms with E-state index in [1.54, 1.807) is 48.8 Å². The number of nitrogens with zero attached hydrogens (tertiary/aromatic N) is 10. The second-order valence-corrected chi connectivity index (χ2v) is 20.1. The van der Waals surface area contributed by atoms with Gasteiger partial charge in [0.1, 0.15) is 34.8 Å². The Morgan fingerprint density at radius 1 is 0.500 bits per heavy atom. The molecule has 6 aromatic heterocycles. The molecule has 0 atom stereocenters. The number of pyridine rings is 2. The molecule has 0 saturated heterocycles. The molecular formula is C62H54N14O4. The third-order valence-corrected chi connectivity index (χ3v) is 15.2. The van der Waals surface area contributed by atoms with E-state index < -0.39 is 22.9 Å². The number of aromatic nitrogens is 8. The van der Waals surface area contributed by atoms with Crippen molar-refractivity contribution < 1.29 is 9.59 Å². The summed E-state index contributed by atoms with van der Waals surface area (Å²) in [4.78, 5) is 60.6. The molecule has 12 rings (SSSR count). The highest BCUT2D eigenvalue weighted by Crippen LogP contribution is 2.42. The smallest absolute Gasteiger partial charge is 0.267 e. The molecule has 2 fully saturated rings. The van der Waals surface area contributed by atoms with Gasteiger partial charge in [0.05, 0.1) is 12.1 Å². The van der Waals surface area contributed by atoms with Gasteiger partial charge in [0, 0.05) is 81.3 Å². The molecule has 2 saturated carbocycles. The Balaban J connectivity index is 0.000000169. The van der Waals surface area contributed by atoms with E-state index in [0.717, 1.165) is 96.0 Å². The zero-order valence-corrected chi connectivity index (χ0v) is 43.4. The number of amides is 2. The van der Waals surface area contributed by atoms with E-state index in [2.05, 4.69) is 55.1 Å². The number of nitrogens with one attached hydrogen (secondary N) is 2. The fourth-order valence-corrected chi connectivity index (χ4v) is 11.0. The van der Waals surface area contributed by atoms with E-state index >= 15 is 0 Å². The fourth-order valence-electron chi connectivity index (χ4n) is 11.0. The first-order chi connectivity index (χ1) is 39.1. The van der Waals surface area contributed by atoms with E-state index in [1.165, 1.54) is 33.9 Å². The number of hydrogen-bond donors (Lipinski definition) is 4. The van der Waals surface area contributed by atoms with Gasteiger partial charge in [-0.15, -0.1) is 0 Å². The van der Waals surface area contributed by atoms with Gasteiger partial charge < -0.3 is 22.1 Å². The molecule has 18 nitrogen and oxygen atoms in total. The quantitative estimate of drug-likeness (QED) is 0.0997. The number of carbonyl (C=O) groups excluding carboxylic acids is 2. The molecule has 0 spiro atoms. The summed E-state index contributed by atoms with van der Waals surface area (Å²) in [6.45, 7) is 0. The monoisotopic (exact) mass is 1060 g/mol. The van der Waals surface area contributed by atoms with Gasteiger partial charge in [-0.1, -0.05) is 60.7 Å². The fraction of sp³-hybridized carbons (Fsp3) is 0.194. The Labute approximate surface area is 459 Å². The Hall–Kier alpha value is -10.5. The van der Waals surface area contributed by atoms with Crippen LogP contribution in [0.25, 0.3) is 44.7 Å². The number of benzene rings is 4. The molecule has 396 valence electrons. The van der Waals surface area contributed by atoms with Crippen LogP contribution in [-0.2, 0) is 0 Å². The largest absolute Gasteiger partial charge is 0.382 e. The van der Waals surface area contributed by atoms with Crippen molar-refractivity contribution in [3.8, 4) is 45.8 Å². The van der Waals surface area contributed by atoms with Gasteiger partial charge in [0.15, 0.2) is 11.6 Å². The van der Waals surface area contributed by atoms with Crippen LogP contribution in [0.2, 0.25) is 0 Å². The van der Waals surface area contributed by atoms with Gasteiger partial charge in [-0.2, -0.15) is 20.7 Å². The van der Waals surface area contributed by atoms with Crippen LogP contribution in [0.4, 0.5) is 23.0 Å². The van der Waals surface area contributed by atoms with Crippen molar-refractivity contribution in [2.45, 2.75) is 63.2 Å². The second kappa shape index (κ2) is 22.6.